The Kier molecular flexibility index (Phi) is 5.13. The van der Waals surface area contributed by atoms with E-state index in [1.165, 1.54) is 11.1 Å². The van der Waals surface area contributed by atoms with Crippen molar-refractivity contribution in [2.24, 2.45) is 5.73 Å². The van der Waals surface area contributed by atoms with Crippen molar-refractivity contribution in [1.82, 2.24) is 0 Å². The largest absolute Gasteiger partial charge is 0.324 e. The van der Waals surface area contributed by atoms with E-state index in [0.29, 0.717) is 0 Å². The highest BCUT2D eigenvalue weighted by Crippen LogP contribution is 2.12. The van der Waals surface area contributed by atoms with Crippen LogP contribution in [0.3, 0.4) is 0 Å². The third-order valence-electron chi connectivity index (χ3n) is 2.65. The quantitative estimate of drug-likeness (QED) is 0.730. The number of allylic oxidation sites excluding steroid dienone is 1. The second kappa shape index (κ2) is 6.41. The highest BCUT2D eigenvalue weighted by molar-refractivity contribution is 5.20. The molecule has 1 rings (SSSR count). The highest BCUT2D eigenvalue weighted by Gasteiger charge is 2.07. The van der Waals surface area contributed by atoms with Crippen LogP contribution in [0, 0.1) is 0 Å². The first-order valence-electron chi connectivity index (χ1n) is 5.76. The molecule has 15 heavy (non-hydrogen) atoms. The van der Waals surface area contributed by atoms with Crippen LogP contribution < -0.4 is 5.73 Å². The van der Waals surface area contributed by atoms with Crippen LogP contribution in [-0.2, 0) is 6.42 Å². The summed E-state index contributed by atoms with van der Waals surface area (Å²) in [6, 6.07) is 10.6. The van der Waals surface area contributed by atoms with Crippen molar-refractivity contribution < 1.29 is 0 Å². The average molecular weight is 203 g/mol. The lowest BCUT2D eigenvalue weighted by molar-refractivity contribution is 0.729. The summed E-state index contributed by atoms with van der Waals surface area (Å²) in [6.45, 7) is 4.33. The third-order valence-corrected chi connectivity index (χ3v) is 2.65. The number of benzene rings is 1. The second-order valence-electron chi connectivity index (χ2n) is 3.84. The molecular formula is C14H21N. The Bertz CT molecular complexity index is 300. The molecule has 0 amide bonds. The van der Waals surface area contributed by atoms with Crippen LogP contribution in [0.25, 0.3) is 0 Å². The minimum atomic E-state index is 0.178. The summed E-state index contributed by atoms with van der Waals surface area (Å²) >= 11 is 0. The minimum absolute atomic E-state index is 0.178. The molecule has 0 bridgehead atoms. The van der Waals surface area contributed by atoms with Crippen molar-refractivity contribution in [2.45, 2.75) is 39.2 Å². The topological polar surface area (TPSA) is 26.0 Å². The van der Waals surface area contributed by atoms with E-state index in [4.69, 9.17) is 5.73 Å². The van der Waals surface area contributed by atoms with Crippen LogP contribution >= 0.6 is 0 Å². The standard InChI is InChI=1S/C14H21N/c1-3-8-13(4-2)14(15)11-12-9-6-5-7-10-12/h5-10,14H,3-4,11,15H2,1-2H3/b13-8+. The van der Waals surface area contributed by atoms with Crippen LogP contribution in [0.15, 0.2) is 42.0 Å². The first-order chi connectivity index (χ1) is 7.27. The lowest BCUT2D eigenvalue weighted by Crippen LogP contribution is -2.25. The van der Waals surface area contributed by atoms with Crippen molar-refractivity contribution in [3.63, 3.8) is 0 Å². The van der Waals surface area contributed by atoms with Crippen molar-refractivity contribution in [1.29, 1.82) is 0 Å². The predicted molar refractivity (Wildman–Crippen MR) is 66.8 cm³/mol. The van der Waals surface area contributed by atoms with Crippen molar-refractivity contribution >= 4 is 0 Å². The summed E-state index contributed by atoms with van der Waals surface area (Å²) in [5.74, 6) is 0. The summed E-state index contributed by atoms with van der Waals surface area (Å²) in [4.78, 5) is 0. The SMILES string of the molecule is CC/C=C(\CC)C(N)Cc1ccccc1. The molecule has 1 aromatic carbocycles. The van der Waals surface area contributed by atoms with Crippen LogP contribution in [0.1, 0.15) is 32.3 Å². The maximum absolute atomic E-state index is 6.18. The fraction of sp³-hybridized carbons (Fsp3) is 0.429. The van der Waals surface area contributed by atoms with Gasteiger partial charge in [0.05, 0.1) is 0 Å². The van der Waals surface area contributed by atoms with Gasteiger partial charge in [-0.2, -0.15) is 0 Å². The summed E-state index contributed by atoms with van der Waals surface area (Å²) in [7, 11) is 0. The monoisotopic (exact) mass is 203 g/mol. The molecular weight excluding hydrogens is 182 g/mol. The minimum Gasteiger partial charge on any atom is -0.324 e. The molecule has 1 aromatic rings. The summed E-state index contributed by atoms with van der Waals surface area (Å²) < 4.78 is 0. The van der Waals surface area contributed by atoms with Gasteiger partial charge in [-0.15, -0.1) is 0 Å². The van der Waals surface area contributed by atoms with E-state index in [9.17, 15) is 0 Å². The molecule has 0 saturated heterocycles. The van der Waals surface area contributed by atoms with Crippen molar-refractivity contribution in [3.8, 4) is 0 Å². The molecule has 0 spiro atoms. The number of rotatable bonds is 5. The molecule has 2 N–H and O–H groups in total. The van der Waals surface area contributed by atoms with Crippen LogP contribution in [0.4, 0.5) is 0 Å². The zero-order valence-electron chi connectivity index (χ0n) is 9.74. The Balaban J connectivity index is 2.62. The van der Waals surface area contributed by atoms with Crippen LogP contribution in [0.5, 0.6) is 0 Å². The molecule has 1 nitrogen and oxygen atoms in total. The Hall–Kier alpha value is -1.08. The zero-order valence-corrected chi connectivity index (χ0v) is 9.74. The van der Waals surface area contributed by atoms with Gasteiger partial charge >= 0.3 is 0 Å². The van der Waals surface area contributed by atoms with Gasteiger partial charge in [-0.1, -0.05) is 55.8 Å². The summed E-state index contributed by atoms with van der Waals surface area (Å²) in [6.07, 6.45) is 5.33. The molecule has 0 radical (unpaired) electrons. The Labute approximate surface area is 93.0 Å². The fourth-order valence-electron chi connectivity index (χ4n) is 1.82. The van der Waals surface area contributed by atoms with E-state index in [-0.39, 0.29) is 6.04 Å². The van der Waals surface area contributed by atoms with Gasteiger partial charge in [0.2, 0.25) is 0 Å². The van der Waals surface area contributed by atoms with E-state index >= 15 is 0 Å². The first kappa shape index (κ1) is 12.0. The molecule has 1 heteroatoms. The van der Waals surface area contributed by atoms with Gasteiger partial charge in [-0.3, -0.25) is 0 Å². The fourth-order valence-corrected chi connectivity index (χ4v) is 1.82. The molecule has 1 atom stereocenters. The van der Waals surface area contributed by atoms with Crippen molar-refractivity contribution in [3.05, 3.63) is 47.5 Å². The van der Waals surface area contributed by atoms with E-state index in [1.54, 1.807) is 0 Å². The van der Waals surface area contributed by atoms with Gasteiger partial charge in [0.1, 0.15) is 0 Å². The zero-order chi connectivity index (χ0) is 11.1. The maximum Gasteiger partial charge on any atom is 0.0294 e. The molecule has 0 aromatic heterocycles. The van der Waals surface area contributed by atoms with Gasteiger partial charge in [0.25, 0.3) is 0 Å². The number of hydrogen-bond acceptors (Lipinski definition) is 1. The lowest BCUT2D eigenvalue weighted by atomic mass is 9.97. The molecule has 1 unspecified atom stereocenters. The lowest BCUT2D eigenvalue weighted by Gasteiger charge is -2.14. The van der Waals surface area contributed by atoms with Gasteiger partial charge in [0, 0.05) is 6.04 Å². The molecule has 0 fully saturated rings. The molecule has 82 valence electrons. The van der Waals surface area contributed by atoms with Gasteiger partial charge in [0.15, 0.2) is 0 Å². The Morgan fingerprint density at radius 2 is 1.93 bits per heavy atom. The summed E-state index contributed by atoms with van der Waals surface area (Å²) in [5.41, 5.74) is 8.87. The van der Waals surface area contributed by atoms with Crippen LogP contribution in [-0.4, -0.2) is 6.04 Å². The first-order valence-corrected chi connectivity index (χ1v) is 5.76. The number of nitrogens with two attached hydrogens (primary N) is 1. The molecule has 0 aliphatic heterocycles. The second-order valence-corrected chi connectivity index (χ2v) is 3.84. The molecule has 0 aliphatic carbocycles. The average Bonchev–Trinajstić information content (AvgIpc) is 2.27. The third kappa shape index (κ3) is 3.88. The van der Waals surface area contributed by atoms with E-state index in [2.05, 4.69) is 44.2 Å². The molecule has 0 heterocycles. The van der Waals surface area contributed by atoms with Crippen LogP contribution in [0.2, 0.25) is 0 Å². The van der Waals surface area contributed by atoms with Gasteiger partial charge in [-0.25, -0.2) is 0 Å². The normalized spacial score (nSPS) is 13.9. The molecule has 0 saturated carbocycles. The summed E-state index contributed by atoms with van der Waals surface area (Å²) in [5, 5.41) is 0. The van der Waals surface area contributed by atoms with E-state index in [1.807, 2.05) is 6.07 Å². The van der Waals surface area contributed by atoms with Gasteiger partial charge in [-0.05, 0) is 24.8 Å². The van der Waals surface area contributed by atoms with E-state index in [0.717, 1.165) is 19.3 Å². The smallest absolute Gasteiger partial charge is 0.0294 e. The number of hydrogen-bond donors (Lipinski definition) is 1. The van der Waals surface area contributed by atoms with E-state index < -0.39 is 0 Å². The Morgan fingerprint density at radius 1 is 1.27 bits per heavy atom. The van der Waals surface area contributed by atoms with Gasteiger partial charge < -0.3 is 5.73 Å². The van der Waals surface area contributed by atoms with Crippen molar-refractivity contribution in [2.75, 3.05) is 0 Å². The maximum atomic E-state index is 6.18. The Morgan fingerprint density at radius 3 is 2.47 bits per heavy atom. The predicted octanol–water partition coefficient (Wildman–Crippen LogP) is 3.30. The molecule has 0 aliphatic rings. The highest BCUT2D eigenvalue weighted by atomic mass is 14.6.